The molecule has 1 saturated heterocycles. The summed E-state index contributed by atoms with van der Waals surface area (Å²) in [5.74, 6) is -0.932. The molecule has 0 radical (unpaired) electrons. The van der Waals surface area contributed by atoms with Crippen molar-refractivity contribution in [2.24, 2.45) is 11.3 Å². The van der Waals surface area contributed by atoms with E-state index in [4.69, 9.17) is 4.52 Å². The number of carbonyl (C=O) groups is 2. The fraction of sp³-hybridized carbons (Fsp3) is 0.407. The van der Waals surface area contributed by atoms with Crippen LogP contribution in [0.2, 0.25) is 0 Å². The Hall–Kier alpha value is -3.52. The fourth-order valence-electron chi connectivity index (χ4n) is 4.71. The molecule has 8 nitrogen and oxygen atoms in total. The van der Waals surface area contributed by atoms with Crippen LogP contribution >= 0.6 is 0 Å². The Morgan fingerprint density at radius 2 is 1.63 bits per heavy atom. The maximum atomic E-state index is 11.6. The van der Waals surface area contributed by atoms with Crippen LogP contribution in [0.1, 0.15) is 44.7 Å². The summed E-state index contributed by atoms with van der Waals surface area (Å²) >= 11 is 0. The molecule has 1 atom stereocenters. The van der Waals surface area contributed by atoms with Gasteiger partial charge in [-0.15, -0.1) is 0 Å². The maximum Gasteiger partial charge on any atom is 0.321 e. The first-order valence-corrected chi connectivity index (χ1v) is 11.9. The van der Waals surface area contributed by atoms with Crippen LogP contribution < -0.4 is 0 Å². The van der Waals surface area contributed by atoms with Gasteiger partial charge in [-0.3, -0.25) is 14.5 Å². The van der Waals surface area contributed by atoms with Crippen molar-refractivity contribution >= 4 is 11.9 Å². The number of carboxylic acid groups (broad SMARTS) is 2. The van der Waals surface area contributed by atoms with Gasteiger partial charge in [0.05, 0.1) is 0 Å². The topological polar surface area (TPSA) is 117 Å². The van der Waals surface area contributed by atoms with E-state index < -0.39 is 17.4 Å². The molecular formula is C27H31N3O5. The molecule has 3 aromatic rings. The fourth-order valence-corrected chi connectivity index (χ4v) is 4.71. The zero-order chi connectivity index (χ0) is 25.2. The van der Waals surface area contributed by atoms with Gasteiger partial charge in [-0.05, 0) is 55.4 Å². The molecule has 0 bridgehead atoms. The van der Waals surface area contributed by atoms with Gasteiger partial charge in [0.1, 0.15) is 0 Å². The lowest BCUT2D eigenvalue weighted by Crippen LogP contribution is -2.52. The van der Waals surface area contributed by atoms with Gasteiger partial charge < -0.3 is 14.7 Å². The zero-order valence-electron chi connectivity index (χ0n) is 20.3. The molecule has 1 fully saturated rings. The lowest BCUT2D eigenvalue weighted by Gasteiger charge is -2.41. The van der Waals surface area contributed by atoms with Crippen molar-refractivity contribution in [3.8, 4) is 22.8 Å². The van der Waals surface area contributed by atoms with Gasteiger partial charge in [-0.1, -0.05) is 55.4 Å². The number of rotatable bonds is 8. The molecule has 184 valence electrons. The first kappa shape index (κ1) is 24.6. The third-order valence-corrected chi connectivity index (χ3v) is 6.78. The van der Waals surface area contributed by atoms with Crippen LogP contribution in [0.25, 0.3) is 22.8 Å². The highest BCUT2D eigenvalue weighted by molar-refractivity contribution is 5.98. The zero-order valence-corrected chi connectivity index (χ0v) is 20.3. The molecule has 2 N–H and O–H groups in total. The van der Waals surface area contributed by atoms with Crippen molar-refractivity contribution in [3.63, 3.8) is 0 Å². The summed E-state index contributed by atoms with van der Waals surface area (Å²) in [7, 11) is 0. The van der Waals surface area contributed by atoms with Crippen molar-refractivity contribution < 1.29 is 24.3 Å². The quantitative estimate of drug-likeness (QED) is 0.447. The normalized spacial score (nSPS) is 18.0. The first-order chi connectivity index (χ1) is 16.7. The van der Waals surface area contributed by atoms with Gasteiger partial charge >= 0.3 is 11.9 Å². The van der Waals surface area contributed by atoms with Gasteiger partial charge in [-0.2, -0.15) is 4.98 Å². The summed E-state index contributed by atoms with van der Waals surface area (Å²) in [6, 6.07) is 15.8. The number of aromatic nitrogens is 2. The number of likely N-dealkylation sites (tertiary alicyclic amines) is 1. The molecule has 8 heteroatoms. The molecule has 1 unspecified atom stereocenters. The van der Waals surface area contributed by atoms with Crippen molar-refractivity contribution in [3.05, 3.63) is 59.7 Å². The number of piperidine rings is 1. The Bertz CT molecular complexity index is 1170. The second-order valence-electron chi connectivity index (χ2n) is 9.88. The van der Waals surface area contributed by atoms with E-state index in [0.29, 0.717) is 30.7 Å². The number of nitrogens with zero attached hydrogens (tertiary/aromatic N) is 3. The van der Waals surface area contributed by atoms with E-state index in [9.17, 15) is 19.8 Å². The maximum absolute atomic E-state index is 11.6. The molecular weight excluding hydrogens is 446 g/mol. The first-order valence-electron chi connectivity index (χ1n) is 11.9. The van der Waals surface area contributed by atoms with Gasteiger partial charge in [0.2, 0.25) is 5.82 Å². The van der Waals surface area contributed by atoms with Gasteiger partial charge in [0.15, 0.2) is 5.41 Å². The predicted molar refractivity (Wildman–Crippen MR) is 131 cm³/mol. The average Bonchev–Trinajstić information content (AvgIpc) is 3.31. The third kappa shape index (κ3) is 5.27. The Labute approximate surface area is 204 Å². The van der Waals surface area contributed by atoms with E-state index in [-0.39, 0.29) is 18.9 Å². The molecule has 0 spiro atoms. The van der Waals surface area contributed by atoms with E-state index in [1.165, 1.54) is 5.56 Å². The Kier molecular flexibility index (Phi) is 7.03. The minimum atomic E-state index is -1.70. The van der Waals surface area contributed by atoms with Crippen LogP contribution in [0, 0.1) is 11.3 Å². The standard InChI is InChI=1S/C27H31N3O5/c1-17(2)14-19-4-10-22(11-5-19)24-28-23(29-35-24)21-8-6-20(7-9-21)16-30-13-12-27(25(31)32,26(33)34)15-18(30)3/h4-11,17-18H,12-16H2,1-3H3,(H,31,32)(H,33,34). The van der Waals surface area contributed by atoms with Crippen LogP contribution in [0.4, 0.5) is 0 Å². The minimum absolute atomic E-state index is 0.0832. The molecule has 2 heterocycles. The lowest BCUT2D eigenvalue weighted by atomic mass is 9.75. The van der Waals surface area contributed by atoms with Gasteiger partial charge in [0, 0.05) is 30.3 Å². The summed E-state index contributed by atoms with van der Waals surface area (Å²) in [5, 5.41) is 23.1. The average molecular weight is 478 g/mol. The molecule has 1 aliphatic heterocycles. The summed E-state index contributed by atoms with van der Waals surface area (Å²) in [6.07, 6.45) is 1.20. The van der Waals surface area contributed by atoms with Crippen molar-refractivity contribution in [1.29, 1.82) is 0 Å². The van der Waals surface area contributed by atoms with Gasteiger partial charge in [-0.25, -0.2) is 0 Å². The van der Waals surface area contributed by atoms with Crippen LogP contribution in [0.15, 0.2) is 53.1 Å². The largest absolute Gasteiger partial charge is 0.480 e. The van der Waals surface area contributed by atoms with Crippen molar-refractivity contribution in [2.45, 2.75) is 52.6 Å². The Morgan fingerprint density at radius 3 is 2.20 bits per heavy atom. The summed E-state index contributed by atoms with van der Waals surface area (Å²) in [6.45, 7) is 7.28. The van der Waals surface area contributed by atoms with Crippen molar-refractivity contribution in [1.82, 2.24) is 15.0 Å². The molecule has 1 aliphatic rings. The minimum Gasteiger partial charge on any atom is -0.480 e. The van der Waals surface area contributed by atoms with Crippen LogP contribution in [0.3, 0.4) is 0 Å². The predicted octanol–water partition coefficient (Wildman–Crippen LogP) is 4.74. The smallest absolute Gasteiger partial charge is 0.321 e. The molecule has 35 heavy (non-hydrogen) atoms. The van der Waals surface area contributed by atoms with Crippen LogP contribution in [0.5, 0.6) is 0 Å². The SMILES string of the molecule is CC(C)Cc1ccc(-c2nc(-c3ccc(CN4CCC(C(=O)O)(C(=O)O)CC4C)cc3)no2)cc1. The molecule has 0 aliphatic carbocycles. The highest BCUT2D eigenvalue weighted by Crippen LogP contribution is 2.36. The number of carboxylic acids is 2. The second-order valence-corrected chi connectivity index (χ2v) is 9.88. The number of hydrogen-bond donors (Lipinski definition) is 2. The summed E-state index contributed by atoms with van der Waals surface area (Å²) in [4.78, 5) is 29.9. The molecule has 2 aromatic carbocycles. The van der Waals surface area contributed by atoms with E-state index in [1.54, 1.807) is 0 Å². The summed E-state index contributed by atoms with van der Waals surface area (Å²) < 4.78 is 5.48. The van der Waals surface area contributed by atoms with E-state index in [1.807, 2.05) is 43.3 Å². The van der Waals surface area contributed by atoms with E-state index in [0.717, 1.165) is 23.1 Å². The van der Waals surface area contributed by atoms with E-state index in [2.05, 4.69) is 41.0 Å². The Morgan fingerprint density at radius 1 is 1.03 bits per heavy atom. The molecule has 1 aromatic heterocycles. The molecule has 0 saturated carbocycles. The second kappa shape index (κ2) is 10.00. The molecule has 4 rings (SSSR count). The van der Waals surface area contributed by atoms with Crippen LogP contribution in [-0.4, -0.2) is 49.8 Å². The molecule has 0 amide bonds. The number of aliphatic carboxylic acids is 2. The van der Waals surface area contributed by atoms with E-state index >= 15 is 0 Å². The Balaban J connectivity index is 1.41. The highest BCUT2D eigenvalue weighted by Gasteiger charge is 2.50. The number of hydrogen-bond acceptors (Lipinski definition) is 6. The highest BCUT2D eigenvalue weighted by atomic mass is 16.5. The lowest BCUT2D eigenvalue weighted by molar-refractivity contribution is -0.170. The van der Waals surface area contributed by atoms with Gasteiger partial charge in [0.25, 0.3) is 5.89 Å². The van der Waals surface area contributed by atoms with Crippen LogP contribution in [-0.2, 0) is 22.6 Å². The summed E-state index contributed by atoms with van der Waals surface area (Å²) in [5.41, 5.74) is 2.33. The van der Waals surface area contributed by atoms with Crippen molar-refractivity contribution in [2.75, 3.05) is 6.54 Å². The number of benzene rings is 2. The monoisotopic (exact) mass is 477 g/mol. The third-order valence-electron chi connectivity index (χ3n) is 6.78.